The van der Waals surface area contributed by atoms with Crippen LogP contribution in [0.25, 0.3) is 10.2 Å². The molecule has 0 spiro atoms. The zero-order chi connectivity index (χ0) is 23.0. The number of aromatic nitrogens is 1. The van der Waals surface area contributed by atoms with Crippen LogP contribution in [0.2, 0.25) is 5.02 Å². The van der Waals surface area contributed by atoms with Gasteiger partial charge in [-0.1, -0.05) is 22.9 Å². The number of hydrogen-bond acceptors (Lipinski definition) is 6. The molecule has 0 saturated carbocycles. The Morgan fingerprint density at radius 2 is 1.97 bits per heavy atom. The predicted molar refractivity (Wildman–Crippen MR) is 129 cm³/mol. The number of ether oxygens (including phenoxy) is 1. The monoisotopic (exact) mass is 492 g/mol. The highest BCUT2D eigenvalue weighted by atomic mass is 35.5. The van der Waals surface area contributed by atoms with Crippen molar-refractivity contribution in [3.8, 4) is 0 Å². The van der Waals surface area contributed by atoms with Crippen LogP contribution in [0, 0.1) is 6.92 Å². The van der Waals surface area contributed by atoms with Gasteiger partial charge in [-0.15, -0.1) is 0 Å². The van der Waals surface area contributed by atoms with Gasteiger partial charge in [0.15, 0.2) is 15.0 Å². The van der Waals surface area contributed by atoms with Crippen LogP contribution < -0.4 is 4.90 Å². The summed E-state index contributed by atoms with van der Waals surface area (Å²) in [6.07, 6.45) is 1.78. The van der Waals surface area contributed by atoms with Gasteiger partial charge in [-0.2, -0.15) is 0 Å². The van der Waals surface area contributed by atoms with Crippen LogP contribution >= 0.6 is 22.9 Å². The molecule has 1 unspecified atom stereocenters. The number of anilines is 1. The van der Waals surface area contributed by atoms with Crippen LogP contribution in [0.5, 0.6) is 0 Å². The third-order valence-electron chi connectivity index (χ3n) is 5.67. The summed E-state index contributed by atoms with van der Waals surface area (Å²) in [5.41, 5.74) is 2.06. The smallest absolute Gasteiger partial charge is 0.260 e. The highest BCUT2D eigenvalue weighted by Crippen LogP contribution is 2.35. The lowest BCUT2D eigenvalue weighted by Gasteiger charge is -2.23. The zero-order valence-corrected chi connectivity index (χ0v) is 20.6. The van der Waals surface area contributed by atoms with Crippen molar-refractivity contribution in [3.63, 3.8) is 0 Å². The fourth-order valence-corrected chi connectivity index (χ4v) is 5.90. The lowest BCUT2D eigenvalue weighted by molar-refractivity contribution is 0.0917. The zero-order valence-electron chi connectivity index (χ0n) is 18.2. The van der Waals surface area contributed by atoms with Gasteiger partial charge in [-0.3, -0.25) is 9.69 Å². The molecule has 32 heavy (non-hydrogen) atoms. The van der Waals surface area contributed by atoms with Crippen LogP contribution in [0.3, 0.4) is 0 Å². The van der Waals surface area contributed by atoms with Crippen LogP contribution in [0.4, 0.5) is 5.13 Å². The first-order valence-electron chi connectivity index (χ1n) is 10.5. The van der Waals surface area contributed by atoms with Gasteiger partial charge in [-0.05, 0) is 75.6 Å². The van der Waals surface area contributed by atoms with Crippen LogP contribution in [0.15, 0.2) is 41.3 Å². The number of carbonyl (C=O) groups excluding carboxylic acids is 1. The van der Waals surface area contributed by atoms with Gasteiger partial charge >= 0.3 is 0 Å². The third kappa shape index (κ3) is 4.41. The van der Waals surface area contributed by atoms with E-state index in [0.717, 1.165) is 28.6 Å². The summed E-state index contributed by atoms with van der Waals surface area (Å²) in [7, 11) is -3.40. The maximum atomic E-state index is 13.5. The molecule has 3 aromatic rings. The van der Waals surface area contributed by atoms with E-state index in [9.17, 15) is 13.2 Å². The molecule has 0 aliphatic carbocycles. The highest BCUT2D eigenvalue weighted by Gasteiger charge is 2.28. The van der Waals surface area contributed by atoms with E-state index in [1.165, 1.54) is 23.5 Å². The number of fused-ring (bicyclic) bond motifs is 1. The quantitative estimate of drug-likeness (QED) is 0.468. The van der Waals surface area contributed by atoms with E-state index in [2.05, 4.69) is 0 Å². The van der Waals surface area contributed by atoms with E-state index in [0.29, 0.717) is 28.9 Å². The summed E-state index contributed by atoms with van der Waals surface area (Å²) in [5, 5.41) is 0.677. The van der Waals surface area contributed by atoms with Gasteiger partial charge in [0.1, 0.15) is 0 Å². The first kappa shape index (κ1) is 23.2. The van der Waals surface area contributed by atoms with Crippen LogP contribution in [0.1, 0.15) is 42.6 Å². The minimum Gasteiger partial charge on any atom is -0.376 e. The summed E-state index contributed by atoms with van der Waals surface area (Å²) in [6.45, 7) is 6.26. The molecule has 2 heterocycles. The summed E-state index contributed by atoms with van der Waals surface area (Å²) in [4.78, 5) is 20.1. The second-order valence-electron chi connectivity index (χ2n) is 8.18. The largest absolute Gasteiger partial charge is 0.376 e. The Balaban J connectivity index is 1.70. The number of halogens is 1. The maximum Gasteiger partial charge on any atom is 0.260 e. The molecule has 1 atom stereocenters. The first-order chi connectivity index (χ1) is 15.2. The van der Waals surface area contributed by atoms with Crippen molar-refractivity contribution in [2.45, 2.75) is 49.9 Å². The normalized spacial score (nSPS) is 16.7. The topological polar surface area (TPSA) is 76.6 Å². The van der Waals surface area contributed by atoms with Crippen molar-refractivity contribution >= 4 is 54.0 Å². The van der Waals surface area contributed by atoms with Gasteiger partial charge in [0.2, 0.25) is 0 Å². The van der Waals surface area contributed by atoms with Crippen LogP contribution in [-0.2, 0) is 14.6 Å². The number of thiazole rings is 1. The summed E-state index contributed by atoms with van der Waals surface area (Å²) >= 11 is 7.69. The molecule has 1 aliphatic rings. The average Bonchev–Trinajstić information content (AvgIpc) is 3.44. The molecule has 6 nitrogen and oxygen atoms in total. The highest BCUT2D eigenvalue weighted by molar-refractivity contribution is 7.92. The maximum absolute atomic E-state index is 13.5. The van der Waals surface area contributed by atoms with Gasteiger partial charge in [-0.25, -0.2) is 13.4 Å². The Morgan fingerprint density at radius 1 is 1.25 bits per heavy atom. The molecule has 1 saturated heterocycles. The van der Waals surface area contributed by atoms with Gasteiger partial charge in [0.05, 0.1) is 33.0 Å². The van der Waals surface area contributed by atoms with Crippen molar-refractivity contribution in [2.24, 2.45) is 0 Å². The lowest BCUT2D eigenvalue weighted by Crippen LogP contribution is -2.37. The lowest BCUT2D eigenvalue weighted by atomic mass is 10.2. The number of benzene rings is 2. The van der Waals surface area contributed by atoms with E-state index >= 15 is 0 Å². The minimum absolute atomic E-state index is 0.0590. The average molecular weight is 493 g/mol. The number of hydrogen-bond donors (Lipinski definition) is 0. The van der Waals surface area contributed by atoms with Crippen LogP contribution in [-0.4, -0.2) is 43.8 Å². The Morgan fingerprint density at radius 3 is 2.59 bits per heavy atom. The summed E-state index contributed by atoms with van der Waals surface area (Å²) < 4.78 is 31.6. The molecule has 2 aromatic carbocycles. The molecule has 9 heteroatoms. The second-order valence-corrected chi connectivity index (χ2v) is 12.1. The van der Waals surface area contributed by atoms with Crippen molar-refractivity contribution < 1.29 is 17.9 Å². The molecule has 0 radical (unpaired) electrons. The Bertz CT molecular complexity index is 1250. The van der Waals surface area contributed by atoms with Crippen molar-refractivity contribution in [2.75, 3.05) is 18.1 Å². The Labute approximate surface area is 197 Å². The first-order valence-corrected chi connectivity index (χ1v) is 13.3. The predicted octanol–water partition coefficient (Wildman–Crippen LogP) is 5.27. The minimum atomic E-state index is -3.40. The Hall–Kier alpha value is -2.00. The fraction of sp³-hybridized carbons (Fsp3) is 0.391. The van der Waals surface area contributed by atoms with E-state index in [4.69, 9.17) is 21.3 Å². The molecule has 1 fully saturated rings. The number of nitrogens with zero attached hydrogens (tertiary/aromatic N) is 2. The number of sulfone groups is 1. The fourth-order valence-electron chi connectivity index (χ4n) is 3.66. The summed E-state index contributed by atoms with van der Waals surface area (Å²) in [5.74, 6) is -0.239. The number of amides is 1. The number of aryl methyl sites for hydroxylation is 1. The van der Waals surface area contributed by atoms with Gasteiger partial charge in [0.25, 0.3) is 5.91 Å². The molecule has 1 amide bonds. The standard InChI is InChI=1S/C23H25ClN2O4S2/c1-14(2)32(28,29)18-8-6-16(7-9-18)22(27)26(13-17-5-4-12-30-17)23-25-21-15(3)19(24)10-11-20(21)31-23/h6-11,14,17H,4-5,12-13H2,1-3H3. The van der Waals surface area contributed by atoms with Gasteiger partial charge < -0.3 is 4.74 Å². The van der Waals surface area contributed by atoms with E-state index < -0.39 is 15.1 Å². The second kappa shape index (κ2) is 9.09. The molecule has 1 aromatic heterocycles. The summed E-state index contributed by atoms with van der Waals surface area (Å²) in [6, 6.07) is 9.86. The number of rotatable bonds is 6. The van der Waals surface area contributed by atoms with Crippen molar-refractivity contribution in [1.82, 2.24) is 4.98 Å². The number of carbonyl (C=O) groups is 1. The Kier molecular flexibility index (Phi) is 6.58. The molecule has 170 valence electrons. The van der Waals surface area contributed by atoms with Crippen molar-refractivity contribution in [3.05, 3.63) is 52.5 Å². The van der Waals surface area contributed by atoms with E-state index in [1.54, 1.807) is 30.9 Å². The SMILES string of the molecule is Cc1c(Cl)ccc2sc(N(CC3CCCO3)C(=O)c3ccc(S(=O)(=O)C(C)C)cc3)nc12. The molecule has 4 rings (SSSR count). The molecular formula is C23H25ClN2O4S2. The molecular weight excluding hydrogens is 468 g/mol. The van der Waals surface area contributed by atoms with Crippen molar-refractivity contribution in [1.29, 1.82) is 0 Å². The third-order valence-corrected chi connectivity index (χ3v) is 9.30. The van der Waals surface area contributed by atoms with E-state index in [1.807, 2.05) is 19.1 Å². The molecule has 0 bridgehead atoms. The van der Waals surface area contributed by atoms with E-state index in [-0.39, 0.29) is 16.9 Å². The molecule has 1 aliphatic heterocycles. The molecule has 0 N–H and O–H groups in total. The van der Waals surface area contributed by atoms with Gasteiger partial charge in [0, 0.05) is 17.2 Å².